The Labute approximate surface area is 121 Å². The van der Waals surface area contributed by atoms with Crippen molar-refractivity contribution in [2.45, 2.75) is 46.2 Å². The van der Waals surface area contributed by atoms with E-state index in [0.29, 0.717) is 0 Å². The van der Waals surface area contributed by atoms with Crippen LogP contribution in [0.2, 0.25) is 0 Å². The second-order valence-corrected chi connectivity index (χ2v) is 6.46. The van der Waals surface area contributed by atoms with Gasteiger partial charge in [-0.05, 0) is 65.4 Å². The highest BCUT2D eigenvalue weighted by Crippen LogP contribution is 2.20. The monoisotopic (exact) mass is 274 g/mol. The maximum Gasteiger partial charge on any atom is 0.134 e. The van der Waals surface area contributed by atoms with Gasteiger partial charge in [0.1, 0.15) is 11.3 Å². The molecule has 3 nitrogen and oxygen atoms in total. The predicted molar refractivity (Wildman–Crippen MR) is 85.0 cm³/mol. The Hall–Kier alpha value is -1.32. The molecule has 20 heavy (non-hydrogen) atoms. The van der Waals surface area contributed by atoms with Gasteiger partial charge in [-0.25, -0.2) is 0 Å². The first-order chi connectivity index (χ1) is 9.44. The summed E-state index contributed by atoms with van der Waals surface area (Å²) in [6, 6.07) is 8.42. The van der Waals surface area contributed by atoms with Crippen LogP contribution in [0.3, 0.4) is 0 Å². The van der Waals surface area contributed by atoms with E-state index in [1.54, 1.807) is 0 Å². The van der Waals surface area contributed by atoms with Gasteiger partial charge in [0, 0.05) is 10.9 Å². The lowest BCUT2D eigenvalue weighted by molar-refractivity contribution is 0.416. The van der Waals surface area contributed by atoms with E-state index in [0.717, 1.165) is 37.4 Å². The van der Waals surface area contributed by atoms with E-state index in [9.17, 15) is 0 Å². The second-order valence-electron chi connectivity index (χ2n) is 6.46. The van der Waals surface area contributed by atoms with Gasteiger partial charge in [0.2, 0.25) is 0 Å². The number of aryl methyl sites for hydroxylation is 1. The van der Waals surface area contributed by atoms with Crippen molar-refractivity contribution in [3.05, 3.63) is 35.6 Å². The molecule has 0 aliphatic heterocycles. The van der Waals surface area contributed by atoms with Crippen molar-refractivity contribution in [2.24, 2.45) is 0 Å². The van der Waals surface area contributed by atoms with Crippen molar-refractivity contribution in [1.82, 2.24) is 10.6 Å². The maximum absolute atomic E-state index is 5.81. The number of nitrogens with one attached hydrogen (secondary N) is 2. The molecule has 110 valence electrons. The Kier molecular flexibility index (Phi) is 4.84. The molecule has 2 N–H and O–H groups in total. The molecule has 1 aromatic carbocycles. The number of hydrogen-bond acceptors (Lipinski definition) is 3. The van der Waals surface area contributed by atoms with Crippen molar-refractivity contribution in [2.75, 3.05) is 13.1 Å². The van der Waals surface area contributed by atoms with Crippen molar-refractivity contribution in [3.63, 3.8) is 0 Å². The van der Waals surface area contributed by atoms with Gasteiger partial charge in [0.15, 0.2) is 0 Å². The van der Waals surface area contributed by atoms with Crippen molar-refractivity contribution in [3.8, 4) is 0 Å². The summed E-state index contributed by atoms with van der Waals surface area (Å²) in [5, 5.41) is 8.11. The summed E-state index contributed by atoms with van der Waals surface area (Å²) in [5.41, 5.74) is 2.45. The lowest BCUT2D eigenvalue weighted by atomic mass is 10.1. The van der Waals surface area contributed by atoms with Crippen LogP contribution in [0.4, 0.5) is 0 Å². The van der Waals surface area contributed by atoms with Crippen LogP contribution in [0, 0.1) is 6.92 Å². The van der Waals surface area contributed by atoms with Gasteiger partial charge in [-0.2, -0.15) is 0 Å². The fourth-order valence-electron chi connectivity index (χ4n) is 2.19. The maximum atomic E-state index is 5.81. The zero-order valence-electron chi connectivity index (χ0n) is 13.0. The van der Waals surface area contributed by atoms with Gasteiger partial charge < -0.3 is 15.1 Å². The Bertz CT molecular complexity index is 552. The molecular weight excluding hydrogens is 248 g/mol. The predicted octanol–water partition coefficient (Wildman–Crippen LogP) is 3.61. The van der Waals surface area contributed by atoms with Crippen LogP contribution in [-0.4, -0.2) is 18.6 Å². The molecule has 1 aromatic heterocycles. The van der Waals surface area contributed by atoms with Crippen LogP contribution in [0.25, 0.3) is 11.0 Å². The molecule has 0 atom stereocenters. The molecule has 0 aliphatic rings. The minimum Gasteiger partial charge on any atom is -0.460 e. The number of benzene rings is 1. The van der Waals surface area contributed by atoms with Crippen LogP contribution in [0.15, 0.2) is 28.7 Å². The Morgan fingerprint density at radius 3 is 2.65 bits per heavy atom. The molecule has 2 aromatic rings. The highest BCUT2D eigenvalue weighted by molar-refractivity contribution is 5.78. The van der Waals surface area contributed by atoms with Crippen molar-refractivity contribution in [1.29, 1.82) is 0 Å². The molecule has 0 fully saturated rings. The molecule has 0 radical (unpaired) electrons. The summed E-state index contributed by atoms with van der Waals surface area (Å²) in [6.07, 6.45) is 1.12. The minimum absolute atomic E-state index is 0.205. The fourth-order valence-corrected chi connectivity index (χ4v) is 2.19. The molecule has 0 amide bonds. The molecular formula is C17H26N2O. The Morgan fingerprint density at radius 1 is 1.10 bits per heavy atom. The largest absolute Gasteiger partial charge is 0.460 e. The lowest BCUT2D eigenvalue weighted by Gasteiger charge is -2.20. The third kappa shape index (κ3) is 4.66. The SMILES string of the molecule is Cc1ccc2oc(CNCCCNC(C)(C)C)cc2c1. The van der Waals surface area contributed by atoms with E-state index in [-0.39, 0.29) is 5.54 Å². The normalized spacial score (nSPS) is 12.2. The molecule has 0 unspecified atom stereocenters. The average molecular weight is 274 g/mol. The molecule has 0 aliphatic carbocycles. The molecule has 0 saturated carbocycles. The topological polar surface area (TPSA) is 37.2 Å². The second kappa shape index (κ2) is 6.42. The Balaban J connectivity index is 1.73. The van der Waals surface area contributed by atoms with Crippen LogP contribution in [0.5, 0.6) is 0 Å². The van der Waals surface area contributed by atoms with Crippen LogP contribution in [0.1, 0.15) is 38.5 Å². The first-order valence-corrected chi connectivity index (χ1v) is 7.39. The third-order valence-corrected chi connectivity index (χ3v) is 3.21. The Morgan fingerprint density at radius 2 is 1.90 bits per heavy atom. The molecule has 0 spiro atoms. The van der Waals surface area contributed by atoms with Gasteiger partial charge in [0.05, 0.1) is 6.54 Å². The van der Waals surface area contributed by atoms with Crippen LogP contribution >= 0.6 is 0 Å². The van der Waals surface area contributed by atoms with Crippen molar-refractivity contribution < 1.29 is 4.42 Å². The van der Waals surface area contributed by atoms with Crippen molar-refractivity contribution >= 4 is 11.0 Å². The molecule has 1 heterocycles. The third-order valence-electron chi connectivity index (χ3n) is 3.21. The zero-order chi connectivity index (χ0) is 14.6. The molecule has 0 bridgehead atoms. The first kappa shape index (κ1) is 15.1. The molecule has 0 saturated heterocycles. The molecule has 2 rings (SSSR count). The van der Waals surface area contributed by atoms with Gasteiger partial charge in [-0.15, -0.1) is 0 Å². The van der Waals surface area contributed by atoms with E-state index in [1.807, 2.05) is 6.07 Å². The van der Waals surface area contributed by atoms with Gasteiger partial charge in [0.25, 0.3) is 0 Å². The first-order valence-electron chi connectivity index (χ1n) is 7.39. The van der Waals surface area contributed by atoms with Gasteiger partial charge in [-0.1, -0.05) is 11.6 Å². The number of fused-ring (bicyclic) bond motifs is 1. The van der Waals surface area contributed by atoms with E-state index < -0.39 is 0 Å². The summed E-state index contributed by atoms with van der Waals surface area (Å²) >= 11 is 0. The summed E-state index contributed by atoms with van der Waals surface area (Å²) in [7, 11) is 0. The average Bonchev–Trinajstić information content (AvgIpc) is 2.74. The fraction of sp³-hybridized carbons (Fsp3) is 0.529. The summed E-state index contributed by atoms with van der Waals surface area (Å²) in [5.74, 6) is 1.01. The van der Waals surface area contributed by atoms with Gasteiger partial charge >= 0.3 is 0 Å². The number of rotatable bonds is 6. The summed E-state index contributed by atoms with van der Waals surface area (Å²) in [4.78, 5) is 0. The highest BCUT2D eigenvalue weighted by atomic mass is 16.3. The number of hydrogen-bond donors (Lipinski definition) is 2. The number of furan rings is 1. The van der Waals surface area contributed by atoms with Crippen LogP contribution < -0.4 is 10.6 Å². The standard InChI is InChI=1S/C17H26N2O/c1-13-6-7-16-14(10-13)11-15(20-16)12-18-8-5-9-19-17(2,3)4/h6-7,10-11,18-19H,5,8-9,12H2,1-4H3. The van der Waals surface area contributed by atoms with E-state index >= 15 is 0 Å². The van der Waals surface area contributed by atoms with E-state index in [4.69, 9.17) is 4.42 Å². The van der Waals surface area contributed by atoms with E-state index in [1.165, 1.54) is 10.9 Å². The molecule has 3 heteroatoms. The summed E-state index contributed by atoms with van der Waals surface area (Å²) in [6.45, 7) is 11.5. The quantitative estimate of drug-likeness (QED) is 0.790. The van der Waals surface area contributed by atoms with E-state index in [2.05, 4.69) is 56.5 Å². The highest BCUT2D eigenvalue weighted by Gasteiger charge is 2.07. The van der Waals surface area contributed by atoms with Gasteiger partial charge in [-0.3, -0.25) is 0 Å². The smallest absolute Gasteiger partial charge is 0.134 e. The summed E-state index contributed by atoms with van der Waals surface area (Å²) < 4.78 is 5.81. The zero-order valence-corrected chi connectivity index (χ0v) is 13.0. The van der Waals surface area contributed by atoms with Crippen LogP contribution in [-0.2, 0) is 6.54 Å². The minimum atomic E-state index is 0.205. The lowest BCUT2D eigenvalue weighted by Crippen LogP contribution is -2.37.